The molecule has 0 radical (unpaired) electrons. The van der Waals surface area contributed by atoms with Crippen LogP contribution in [0.25, 0.3) is 0 Å². The van der Waals surface area contributed by atoms with Crippen LogP contribution in [0.2, 0.25) is 0 Å². The quantitative estimate of drug-likeness (QED) is 0.775. The molecule has 20 heavy (non-hydrogen) atoms. The molecule has 1 aromatic carbocycles. The van der Waals surface area contributed by atoms with E-state index in [1.165, 1.54) is 5.56 Å². The summed E-state index contributed by atoms with van der Waals surface area (Å²) in [5, 5.41) is 8.74. The van der Waals surface area contributed by atoms with Crippen molar-refractivity contribution in [3.63, 3.8) is 0 Å². The molecule has 0 aliphatic carbocycles. The molecule has 0 amide bonds. The van der Waals surface area contributed by atoms with Gasteiger partial charge in [0.05, 0.1) is 13.2 Å². The Kier molecular flexibility index (Phi) is 7.98. The fourth-order valence-electron chi connectivity index (χ4n) is 1.93. The molecule has 1 aromatic rings. The Morgan fingerprint density at radius 3 is 2.80 bits per heavy atom. The van der Waals surface area contributed by atoms with Crippen LogP contribution in [0.3, 0.4) is 0 Å². The SMILES string of the molecule is COCCN(Cc1cccc(C#CCCO)c1)C(C)C. The van der Waals surface area contributed by atoms with E-state index in [0.717, 1.165) is 25.3 Å². The maximum absolute atomic E-state index is 8.74. The average Bonchev–Trinajstić information content (AvgIpc) is 2.44. The summed E-state index contributed by atoms with van der Waals surface area (Å²) in [6.45, 7) is 7.07. The maximum atomic E-state index is 8.74. The summed E-state index contributed by atoms with van der Waals surface area (Å²) in [6, 6.07) is 8.76. The molecule has 0 saturated heterocycles. The van der Waals surface area contributed by atoms with Crippen molar-refractivity contribution < 1.29 is 9.84 Å². The summed E-state index contributed by atoms with van der Waals surface area (Å²) in [5.74, 6) is 6.03. The zero-order valence-corrected chi connectivity index (χ0v) is 12.7. The van der Waals surface area contributed by atoms with E-state index in [9.17, 15) is 0 Å². The van der Waals surface area contributed by atoms with Crippen LogP contribution in [-0.4, -0.2) is 42.9 Å². The minimum Gasteiger partial charge on any atom is -0.395 e. The second-order valence-electron chi connectivity index (χ2n) is 5.03. The minimum absolute atomic E-state index is 0.116. The molecule has 0 atom stereocenters. The largest absolute Gasteiger partial charge is 0.395 e. The monoisotopic (exact) mass is 275 g/mol. The van der Waals surface area contributed by atoms with Crippen molar-refractivity contribution in [3.05, 3.63) is 35.4 Å². The third kappa shape index (κ3) is 6.21. The van der Waals surface area contributed by atoms with Crippen LogP contribution in [0.4, 0.5) is 0 Å². The molecule has 0 heterocycles. The molecule has 110 valence electrons. The second-order valence-corrected chi connectivity index (χ2v) is 5.03. The molecule has 0 aliphatic rings. The van der Waals surface area contributed by atoms with E-state index >= 15 is 0 Å². The zero-order valence-electron chi connectivity index (χ0n) is 12.7. The average molecular weight is 275 g/mol. The van der Waals surface area contributed by atoms with Gasteiger partial charge in [0.25, 0.3) is 0 Å². The zero-order chi connectivity index (χ0) is 14.8. The first-order chi connectivity index (χ1) is 9.67. The lowest BCUT2D eigenvalue weighted by Gasteiger charge is -2.26. The summed E-state index contributed by atoms with van der Waals surface area (Å²) >= 11 is 0. The molecule has 0 aliphatic heterocycles. The van der Waals surface area contributed by atoms with Crippen LogP contribution in [0.5, 0.6) is 0 Å². The fraction of sp³-hybridized carbons (Fsp3) is 0.529. The first-order valence-electron chi connectivity index (χ1n) is 7.09. The third-order valence-corrected chi connectivity index (χ3v) is 3.10. The lowest BCUT2D eigenvalue weighted by Crippen LogP contribution is -2.33. The Hall–Kier alpha value is -1.34. The number of benzene rings is 1. The molecule has 0 unspecified atom stereocenters. The van der Waals surface area contributed by atoms with E-state index in [-0.39, 0.29) is 6.61 Å². The van der Waals surface area contributed by atoms with Crippen molar-refractivity contribution in [2.24, 2.45) is 0 Å². The summed E-state index contributed by atoms with van der Waals surface area (Å²) in [6.07, 6.45) is 0.524. The highest BCUT2D eigenvalue weighted by Gasteiger charge is 2.09. The molecule has 0 aromatic heterocycles. The van der Waals surface area contributed by atoms with Crippen LogP contribution >= 0.6 is 0 Å². The highest BCUT2D eigenvalue weighted by atomic mass is 16.5. The second kappa shape index (κ2) is 9.55. The van der Waals surface area contributed by atoms with Gasteiger partial charge in [-0.25, -0.2) is 0 Å². The predicted molar refractivity (Wildman–Crippen MR) is 82.4 cm³/mol. The Labute approximate surface area is 122 Å². The third-order valence-electron chi connectivity index (χ3n) is 3.10. The highest BCUT2D eigenvalue weighted by molar-refractivity contribution is 5.37. The normalized spacial score (nSPS) is 10.7. The van der Waals surface area contributed by atoms with E-state index in [1.54, 1.807) is 7.11 Å². The van der Waals surface area contributed by atoms with Gasteiger partial charge in [-0.3, -0.25) is 4.90 Å². The lowest BCUT2D eigenvalue weighted by atomic mass is 10.1. The molecule has 3 nitrogen and oxygen atoms in total. The highest BCUT2D eigenvalue weighted by Crippen LogP contribution is 2.10. The van der Waals surface area contributed by atoms with Crippen molar-refractivity contribution in [1.82, 2.24) is 4.90 Å². The van der Waals surface area contributed by atoms with Crippen molar-refractivity contribution in [1.29, 1.82) is 0 Å². The van der Waals surface area contributed by atoms with E-state index < -0.39 is 0 Å². The van der Waals surface area contributed by atoms with Crippen LogP contribution < -0.4 is 0 Å². The van der Waals surface area contributed by atoms with Crippen LogP contribution in [0, 0.1) is 11.8 Å². The number of aliphatic hydroxyl groups is 1. The van der Waals surface area contributed by atoms with Gasteiger partial charge in [-0.2, -0.15) is 0 Å². The number of aliphatic hydroxyl groups excluding tert-OH is 1. The van der Waals surface area contributed by atoms with E-state index in [4.69, 9.17) is 9.84 Å². The van der Waals surface area contributed by atoms with Gasteiger partial charge in [0.1, 0.15) is 0 Å². The van der Waals surface area contributed by atoms with Crippen molar-refractivity contribution >= 4 is 0 Å². The molecule has 1 N–H and O–H groups in total. The Morgan fingerprint density at radius 1 is 1.35 bits per heavy atom. The van der Waals surface area contributed by atoms with E-state index in [0.29, 0.717) is 12.5 Å². The Balaban J connectivity index is 2.70. The maximum Gasteiger partial charge on any atom is 0.0589 e. The van der Waals surface area contributed by atoms with Gasteiger partial charge in [-0.1, -0.05) is 24.0 Å². The summed E-state index contributed by atoms with van der Waals surface area (Å²) in [7, 11) is 1.73. The van der Waals surface area contributed by atoms with Crippen LogP contribution in [0.15, 0.2) is 24.3 Å². The predicted octanol–water partition coefficient (Wildman–Crippen LogP) is 2.28. The molecule has 0 saturated carbocycles. The van der Waals surface area contributed by atoms with Gasteiger partial charge < -0.3 is 9.84 Å². The van der Waals surface area contributed by atoms with E-state index in [1.807, 2.05) is 12.1 Å². The van der Waals surface area contributed by atoms with Crippen molar-refractivity contribution in [3.8, 4) is 11.8 Å². The molecule has 0 spiro atoms. The van der Waals surface area contributed by atoms with Gasteiger partial charge in [-0.05, 0) is 31.5 Å². The molecular weight excluding hydrogens is 250 g/mol. The topological polar surface area (TPSA) is 32.7 Å². The molecule has 0 bridgehead atoms. The van der Waals surface area contributed by atoms with Crippen molar-refractivity contribution in [2.75, 3.05) is 26.9 Å². The minimum atomic E-state index is 0.116. The smallest absolute Gasteiger partial charge is 0.0589 e. The Bertz CT molecular complexity index is 446. The molecule has 0 fully saturated rings. The van der Waals surface area contributed by atoms with Gasteiger partial charge >= 0.3 is 0 Å². The summed E-state index contributed by atoms with van der Waals surface area (Å²) < 4.78 is 5.16. The fourth-order valence-corrected chi connectivity index (χ4v) is 1.93. The molecule has 3 heteroatoms. The Morgan fingerprint density at radius 2 is 2.15 bits per heavy atom. The van der Waals surface area contributed by atoms with Gasteiger partial charge in [0.2, 0.25) is 0 Å². The summed E-state index contributed by atoms with van der Waals surface area (Å²) in [4.78, 5) is 2.38. The van der Waals surface area contributed by atoms with Gasteiger partial charge in [-0.15, -0.1) is 0 Å². The first kappa shape index (κ1) is 16.7. The van der Waals surface area contributed by atoms with E-state index in [2.05, 4.69) is 42.7 Å². The number of methoxy groups -OCH3 is 1. The first-order valence-corrected chi connectivity index (χ1v) is 7.09. The number of ether oxygens (including phenoxy) is 1. The molecular formula is C17H25NO2. The van der Waals surface area contributed by atoms with Crippen LogP contribution in [0.1, 0.15) is 31.4 Å². The van der Waals surface area contributed by atoms with Crippen LogP contribution in [-0.2, 0) is 11.3 Å². The van der Waals surface area contributed by atoms with Gasteiger partial charge in [0.15, 0.2) is 0 Å². The standard InChI is InChI=1S/C17H25NO2/c1-15(2)18(10-12-20-3)14-17-9-6-8-16(13-17)7-4-5-11-19/h6,8-9,13,15,19H,5,10-12,14H2,1-3H3. The number of hydrogen-bond donors (Lipinski definition) is 1. The lowest BCUT2D eigenvalue weighted by molar-refractivity contribution is 0.125. The number of nitrogens with zero attached hydrogens (tertiary/aromatic N) is 1. The number of rotatable bonds is 7. The number of hydrogen-bond acceptors (Lipinski definition) is 3. The van der Waals surface area contributed by atoms with Crippen molar-refractivity contribution in [2.45, 2.75) is 32.9 Å². The van der Waals surface area contributed by atoms with Gasteiger partial charge in [0, 0.05) is 38.2 Å². The molecule has 1 rings (SSSR count). The summed E-state index contributed by atoms with van der Waals surface area (Å²) in [5.41, 5.74) is 2.26.